The van der Waals surface area contributed by atoms with Gasteiger partial charge in [0, 0.05) is 33.8 Å². The van der Waals surface area contributed by atoms with Gasteiger partial charge in [0.2, 0.25) is 0 Å². The third kappa shape index (κ3) is 3.77. The number of nitrogens with zero attached hydrogens (tertiary/aromatic N) is 2. The number of aliphatic hydroxyl groups excluding tert-OH is 1. The van der Waals surface area contributed by atoms with Crippen molar-refractivity contribution in [1.29, 1.82) is 0 Å². The largest absolute Gasteiger partial charge is 0.395 e. The fraction of sp³-hybridized carbons (Fsp3) is 0.600. The van der Waals surface area contributed by atoms with E-state index in [2.05, 4.69) is 0 Å². The first-order valence-corrected chi connectivity index (χ1v) is 8.09. The maximum atomic E-state index is 14.2. The molecule has 1 heterocycles. The number of hydrogen-bond acceptors (Lipinski definition) is 4. The fourth-order valence-corrected chi connectivity index (χ4v) is 3.87. The molecule has 0 aromatic heterocycles. The summed E-state index contributed by atoms with van der Waals surface area (Å²) in [4.78, 5) is 0. The Kier molecular flexibility index (Phi) is 3.12. The third-order valence-electron chi connectivity index (χ3n) is 3.10. The molecule has 6 nitrogen and oxygen atoms in total. The van der Waals surface area contributed by atoms with Crippen LogP contribution in [0.5, 0.6) is 0 Å². The lowest BCUT2D eigenvalue weighted by atomic mass is 10.1. The van der Waals surface area contributed by atoms with Crippen molar-refractivity contribution in [2.24, 2.45) is 0 Å². The van der Waals surface area contributed by atoms with Crippen molar-refractivity contribution >= 4 is 7.67 Å². The van der Waals surface area contributed by atoms with E-state index in [4.69, 9.17) is 18.2 Å². The molecule has 1 fully saturated rings. The molecule has 22 heavy (non-hydrogen) atoms. The van der Waals surface area contributed by atoms with Gasteiger partial charge in [-0.15, -0.1) is 0 Å². The average Bonchev–Trinajstić information content (AvgIpc) is 2.63. The van der Waals surface area contributed by atoms with Crippen molar-refractivity contribution in [3.05, 3.63) is 35.9 Å². The molecule has 2 atom stereocenters. The van der Waals surface area contributed by atoms with Crippen LogP contribution < -0.4 is 0 Å². The van der Waals surface area contributed by atoms with Gasteiger partial charge in [-0.25, -0.2) is 9.34 Å². The minimum atomic E-state index is -5.37. The van der Waals surface area contributed by atoms with E-state index < -0.39 is 59.3 Å². The monoisotopic (exact) mass is 338 g/mol. The van der Waals surface area contributed by atoms with E-state index in [1.54, 1.807) is 18.2 Å². The van der Waals surface area contributed by atoms with Crippen LogP contribution in [0.2, 0.25) is 0 Å². The Morgan fingerprint density at radius 2 is 2.23 bits per heavy atom. The van der Waals surface area contributed by atoms with Gasteiger partial charge in [-0.05, 0) is 18.9 Å². The number of aliphatic hydroxyl groups is 2. The second-order valence-corrected chi connectivity index (χ2v) is 6.50. The molecule has 0 bridgehead atoms. The smallest absolute Gasteiger partial charge is 0.346 e. The molecule has 1 saturated heterocycles. The van der Waals surface area contributed by atoms with Gasteiger partial charge in [-0.2, -0.15) is 0 Å². The summed E-state index contributed by atoms with van der Waals surface area (Å²) in [6.07, 6.45) is -3.42. The van der Waals surface area contributed by atoms with E-state index in [1.165, 1.54) is 19.1 Å². The predicted molar refractivity (Wildman–Crippen MR) is 85.5 cm³/mol. The quantitative estimate of drug-likeness (QED) is 0.740. The summed E-state index contributed by atoms with van der Waals surface area (Å²) in [5.41, 5.74) is 0.287. The van der Waals surface area contributed by atoms with Crippen LogP contribution in [-0.4, -0.2) is 58.8 Å². The van der Waals surface area contributed by atoms with Crippen molar-refractivity contribution in [2.75, 3.05) is 39.3 Å². The summed E-state index contributed by atoms with van der Waals surface area (Å²) in [5, 5.41) is 19.2. The van der Waals surface area contributed by atoms with Crippen molar-refractivity contribution < 1.29 is 33.0 Å². The molecule has 0 aliphatic carbocycles. The lowest BCUT2D eigenvalue weighted by Crippen LogP contribution is -2.40. The SMILES string of the molecule is [2H]C([2H])(O)C([2H])([2H])N(CCO)P1(=O)OC([2H])([2H])C([2H])([2H])C([2H])([2H])N1C(C)c1ccccc1. The average molecular weight is 338 g/mol. The summed E-state index contributed by atoms with van der Waals surface area (Å²) in [6.45, 7) is -14.8. The standard InChI is InChI=1S/C15H25N2O4P/c1-14(15-6-3-2-4-7-15)17-8-5-13-21-22(17,20)16(9-11-18)10-12-19/h2-4,6-7,14,18-19H,5,8-13H2,1H3/i5D2,8D2,9D2,11D2,13D2. The molecule has 1 aromatic rings. The summed E-state index contributed by atoms with van der Waals surface area (Å²) in [7, 11) is -5.37. The molecule has 0 amide bonds. The molecule has 1 aliphatic heterocycles. The second-order valence-electron chi connectivity index (χ2n) is 4.42. The highest BCUT2D eigenvalue weighted by Gasteiger charge is 2.43. The van der Waals surface area contributed by atoms with E-state index in [0.29, 0.717) is 4.67 Å². The number of hydrogen-bond donors (Lipinski definition) is 2. The zero-order valence-electron chi connectivity index (χ0n) is 21.9. The lowest BCUT2D eigenvalue weighted by Gasteiger charge is -2.43. The molecule has 2 unspecified atom stereocenters. The van der Waals surface area contributed by atoms with Gasteiger partial charge in [0.15, 0.2) is 0 Å². The summed E-state index contributed by atoms with van der Waals surface area (Å²) < 4.78 is 99.3. The van der Waals surface area contributed by atoms with Crippen LogP contribution in [0.4, 0.5) is 0 Å². The molecule has 124 valence electrons. The van der Waals surface area contributed by atoms with Gasteiger partial charge in [0.1, 0.15) is 0 Å². The first-order chi connectivity index (χ1) is 14.3. The Balaban J connectivity index is 2.86. The van der Waals surface area contributed by atoms with Gasteiger partial charge in [0.25, 0.3) is 0 Å². The van der Waals surface area contributed by atoms with Crippen LogP contribution >= 0.6 is 7.67 Å². The molecule has 0 spiro atoms. The van der Waals surface area contributed by atoms with Crippen LogP contribution in [0, 0.1) is 0 Å². The number of benzene rings is 1. The van der Waals surface area contributed by atoms with Crippen LogP contribution in [-0.2, 0) is 9.09 Å². The Labute approximate surface area is 145 Å². The van der Waals surface area contributed by atoms with E-state index in [1.807, 2.05) is 0 Å². The van der Waals surface area contributed by atoms with Crippen molar-refractivity contribution in [3.8, 4) is 0 Å². The highest BCUT2D eigenvalue weighted by Crippen LogP contribution is 2.59. The summed E-state index contributed by atoms with van der Waals surface area (Å²) >= 11 is 0. The van der Waals surface area contributed by atoms with Crippen LogP contribution in [0.3, 0.4) is 0 Å². The van der Waals surface area contributed by atoms with E-state index in [9.17, 15) is 14.8 Å². The topological polar surface area (TPSA) is 73.2 Å². The van der Waals surface area contributed by atoms with Gasteiger partial charge in [0.05, 0.1) is 25.2 Å². The first kappa shape index (κ1) is 8.38. The van der Waals surface area contributed by atoms with Crippen LogP contribution in [0.25, 0.3) is 0 Å². The van der Waals surface area contributed by atoms with Crippen LogP contribution in [0.1, 0.15) is 38.6 Å². The van der Waals surface area contributed by atoms with Gasteiger partial charge >= 0.3 is 7.67 Å². The second kappa shape index (κ2) is 8.20. The van der Waals surface area contributed by atoms with Crippen molar-refractivity contribution in [3.63, 3.8) is 0 Å². The Bertz CT molecular complexity index is 868. The Morgan fingerprint density at radius 1 is 1.50 bits per heavy atom. The minimum Gasteiger partial charge on any atom is -0.395 e. The molecule has 2 rings (SSSR count). The first-order valence-electron chi connectivity index (χ1n) is 11.6. The van der Waals surface area contributed by atoms with Gasteiger partial charge < -0.3 is 14.7 Å². The third-order valence-corrected chi connectivity index (χ3v) is 5.33. The minimum absolute atomic E-state index is 0.0182. The Hall–Kier alpha value is -0.750. The maximum absolute atomic E-state index is 14.2. The predicted octanol–water partition coefficient (Wildman–Crippen LogP) is 1.86. The maximum Gasteiger partial charge on any atom is 0.346 e. The zero-order chi connectivity index (χ0) is 25.0. The van der Waals surface area contributed by atoms with Crippen molar-refractivity contribution in [1.82, 2.24) is 9.34 Å². The molecule has 1 aromatic carbocycles. The molecule has 1 aliphatic rings. The molecule has 0 saturated carbocycles. The summed E-state index contributed by atoms with van der Waals surface area (Å²) in [5.74, 6) is 0. The Morgan fingerprint density at radius 3 is 2.86 bits per heavy atom. The van der Waals surface area contributed by atoms with Gasteiger partial charge in [-0.3, -0.25) is 4.57 Å². The van der Waals surface area contributed by atoms with E-state index >= 15 is 0 Å². The molecular weight excluding hydrogens is 303 g/mol. The molecule has 0 radical (unpaired) electrons. The normalized spacial score (nSPS) is 39.5. The highest BCUT2D eigenvalue weighted by molar-refractivity contribution is 7.54. The summed E-state index contributed by atoms with van der Waals surface area (Å²) in [6, 6.07) is 6.42. The lowest BCUT2D eigenvalue weighted by molar-refractivity contribution is 0.126. The van der Waals surface area contributed by atoms with Crippen molar-refractivity contribution in [2.45, 2.75) is 19.3 Å². The van der Waals surface area contributed by atoms with E-state index in [0.717, 1.165) is 0 Å². The molecule has 7 heteroatoms. The molecule has 2 N–H and O–H groups in total. The highest BCUT2D eigenvalue weighted by atomic mass is 31.2. The van der Waals surface area contributed by atoms with E-state index in [-0.39, 0.29) is 10.2 Å². The zero-order valence-corrected chi connectivity index (χ0v) is 12.8. The van der Waals surface area contributed by atoms with Gasteiger partial charge in [-0.1, -0.05) is 30.3 Å². The molecular formula is C15H25N2O4P. The van der Waals surface area contributed by atoms with Crippen LogP contribution in [0.15, 0.2) is 30.3 Å². The number of rotatable bonds is 7. The fourth-order valence-electron chi connectivity index (χ4n) is 2.02.